The third-order valence-corrected chi connectivity index (χ3v) is 3.87. The summed E-state index contributed by atoms with van der Waals surface area (Å²) in [6.45, 7) is 0.673. The summed E-state index contributed by atoms with van der Waals surface area (Å²) in [7, 11) is 3.19. The van der Waals surface area contributed by atoms with Crippen molar-refractivity contribution in [2.75, 3.05) is 20.7 Å². The second-order valence-corrected chi connectivity index (χ2v) is 5.88. The monoisotopic (exact) mass is 366 g/mol. The molecule has 4 nitrogen and oxygen atoms in total. The lowest BCUT2D eigenvalue weighted by atomic mass is 10.1. The van der Waals surface area contributed by atoms with Gasteiger partial charge in [-0.1, -0.05) is 24.3 Å². The first kappa shape index (κ1) is 19.6. The first-order valence-corrected chi connectivity index (χ1v) is 8.07. The Kier molecular flexibility index (Phi) is 6.49. The van der Waals surface area contributed by atoms with Gasteiger partial charge in [0.05, 0.1) is 12.7 Å². The Morgan fingerprint density at radius 2 is 1.81 bits per heavy atom. The Balaban J connectivity index is 1.81. The van der Waals surface area contributed by atoms with E-state index in [0.717, 1.165) is 23.4 Å². The number of alkyl halides is 3. The summed E-state index contributed by atoms with van der Waals surface area (Å²) in [4.78, 5) is 13.5. The zero-order valence-corrected chi connectivity index (χ0v) is 14.6. The van der Waals surface area contributed by atoms with E-state index in [4.69, 9.17) is 4.74 Å². The number of nitrogens with one attached hydrogen (secondary N) is 1. The molecule has 26 heavy (non-hydrogen) atoms. The smallest absolute Gasteiger partial charge is 0.416 e. The second-order valence-electron chi connectivity index (χ2n) is 5.88. The highest BCUT2D eigenvalue weighted by Crippen LogP contribution is 2.29. The highest BCUT2D eigenvalue weighted by Gasteiger charge is 2.29. The van der Waals surface area contributed by atoms with Gasteiger partial charge >= 0.3 is 12.2 Å². The lowest BCUT2D eigenvalue weighted by Crippen LogP contribution is -2.37. The molecular formula is C19H21F3N2O2. The number of urea groups is 1. The van der Waals surface area contributed by atoms with Gasteiger partial charge in [-0.15, -0.1) is 0 Å². The molecule has 1 N–H and O–H groups in total. The molecule has 2 aromatic rings. The van der Waals surface area contributed by atoms with E-state index >= 15 is 0 Å². The molecule has 0 aromatic heterocycles. The van der Waals surface area contributed by atoms with E-state index in [9.17, 15) is 18.0 Å². The number of rotatable bonds is 6. The SMILES string of the molecule is COc1cccc(CCNC(=O)N(C)Cc2ccc(C(F)(F)F)cc2)c1. The van der Waals surface area contributed by atoms with Crippen LogP contribution in [0.1, 0.15) is 16.7 Å². The molecule has 7 heteroatoms. The second kappa shape index (κ2) is 8.60. The van der Waals surface area contributed by atoms with Crippen molar-refractivity contribution < 1.29 is 22.7 Å². The van der Waals surface area contributed by atoms with Gasteiger partial charge < -0.3 is 15.0 Å². The highest BCUT2D eigenvalue weighted by atomic mass is 19.4. The number of hydrogen-bond donors (Lipinski definition) is 1. The lowest BCUT2D eigenvalue weighted by molar-refractivity contribution is -0.137. The molecule has 0 aliphatic heterocycles. The van der Waals surface area contributed by atoms with Gasteiger partial charge in [-0.25, -0.2) is 4.79 Å². The predicted octanol–water partition coefficient (Wildman–Crippen LogP) is 4.10. The molecule has 0 spiro atoms. The van der Waals surface area contributed by atoms with Gasteiger partial charge in [0.1, 0.15) is 5.75 Å². The average Bonchev–Trinajstić information content (AvgIpc) is 2.61. The average molecular weight is 366 g/mol. The Morgan fingerprint density at radius 3 is 2.42 bits per heavy atom. The molecule has 2 rings (SSSR count). The maximum atomic E-state index is 12.6. The first-order valence-electron chi connectivity index (χ1n) is 8.07. The molecule has 0 bridgehead atoms. The van der Waals surface area contributed by atoms with E-state index in [-0.39, 0.29) is 12.6 Å². The quantitative estimate of drug-likeness (QED) is 0.836. The predicted molar refractivity (Wildman–Crippen MR) is 93.0 cm³/mol. The number of carbonyl (C=O) groups is 1. The van der Waals surface area contributed by atoms with Crippen LogP contribution in [0.3, 0.4) is 0 Å². The first-order chi connectivity index (χ1) is 12.3. The summed E-state index contributed by atoms with van der Waals surface area (Å²) in [6, 6.07) is 12.1. The third kappa shape index (κ3) is 5.68. The summed E-state index contributed by atoms with van der Waals surface area (Å²) >= 11 is 0. The maximum Gasteiger partial charge on any atom is 0.416 e. The van der Waals surface area contributed by atoms with Crippen molar-refractivity contribution in [3.05, 3.63) is 65.2 Å². The van der Waals surface area contributed by atoms with Gasteiger partial charge in [-0.3, -0.25) is 0 Å². The molecule has 140 valence electrons. The van der Waals surface area contributed by atoms with Crippen LogP contribution in [0, 0.1) is 0 Å². The fraction of sp³-hybridized carbons (Fsp3) is 0.316. The molecule has 0 aliphatic carbocycles. The molecule has 0 saturated heterocycles. The van der Waals surface area contributed by atoms with Gasteiger partial charge in [0.15, 0.2) is 0 Å². The fourth-order valence-electron chi connectivity index (χ4n) is 2.42. The minimum atomic E-state index is -4.36. The minimum Gasteiger partial charge on any atom is -0.497 e. The van der Waals surface area contributed by atoms with E-state index in [0.29, 0.717) is 18.5 Å². The molecular weight excluding hydrogens is 345 g/mol. The summed E-state index contributed by atoms with van der Waals surface area (Å²) in [6.07, 6.45) is -3.71. The number of carbonyl (C=O) groups excluding carboxylic acids is 1. The number of amides is 2. The van der Waals surface area contributed by atoms with Gasteiger partial charge in [-0.05, 0) is 41.8 Å². The molecule has 0 atom stereocenters. The van der Waals surface area contributed by atoms with Crippen LogP contribution in [0.15, 0.2) is 48.5 Å². The van der Waals surface area contributed by atoms with Gasteiger partial charge in [0, 0.05) is 20.1 Å². The zero-order valence-electron chi connectivity index (χ0n) is 14.6. The van der Waals surface area contributed by atoms with Crippen molar-refractivity contribution in [1.82, 2.24) is 10.2 Å². The van der Waals surface area contributed by atoms with Crippen molar-refractivity contribution in [2.24, 2.45) is 0 Å². The minimum absolute atomic E-state index is 0.225. The molecule has 0 heterocycles. The molecule has 2 aromatic carbocycles. The summed E-state index contributed by atoms with van der Waals surface area (Å²) in [5.41, 5.74) is 0.963. The number of nitrogens with zero attached hydrogens (tertiary/aromatic N) is 1. The van der Waals surface area contributed by atoms with Gasteiger partial charge in [0.2, 0.25) is 0 Å². The summed E-state index contributed by atoms with van der Waals surface area (Å²) in [5, 5.41) is 2.79. The molecule has 0 fully saturated rings. The standard InChI is InChI=1S/C19H21F3N2O2/c1-24(13-15-6-8-16(9-7-15)19(20,21)22)18(25)23-11-10-14-4-3-5-17(12-14)26-2/h3-9,12H,10-11,13H2,1-2H3,(H,23,25). The Hall–Kier alpha value is -2.70. The Bertz CT molecular complexity index is 730. The van der Waals surface area contributed by atoms with E-state index in [1.165, 1.54) is 17.0 Å². The number of ether oxygens (including phenoxy) is 1. The number of halogens is 3. The zero-order chi connectivity index (χ0) is 19.2. The summed E-state index contributed by atoms with van der Waals surface area (Å²) < 4.78 is 42.8. The van der Waals surface area contributed by atoms with Crippen LogP contribution >= 0.6 is 0 Å². The molecule has 0 unspecified atom stereocenters. The Morgan fingerprint density at radius 1 is 1.12 bits per heavy atom. The number of hydrogen-bond acceptors (Lipinski definition) is 2. The van der Waals surface area contributed by atoms with Crippen LogP contribution in [0.2, 0.25) is 0 Å². The lowest BCUT2D eigenvalue weighted by Gasteiger charge is -2.18. The van der Waals surface area contributed by atoms with E-state index in [2.05, 4.69) is 5.32 Å². The van der Waals surface area contributed by atoms with Crippen molar-refractivity contribution in [3.63, 3.8) is 0 Å². The van der Waals surface area contributed by atoms with Crippen LogP contribution in [0.5, 0.6) is 5.75 Å². The van der Waals surface area contributed by atoms with Gasteiger partial charge in [0.25, 0.3) is 0 Å². The molecule has 2 amide bonds. The normalized spacial score (nSPS) is 11.1. The fourth-order valence-corrected chi connectivity index (χ4v) is 2.42. The Labute approximate surface area is 150 Å². The van der Waals surface area contributed by atoms with Crippen LogP contribution in [0.25, 0.3) is 0 Å². The highest BCUT2D eigenvalue weighted by molar-refractivity contribution is 5.73. The van der Waals surface area contributed by atoms with Crippen LogP contribution in [-0.2, 0) is 19.1 Å². The van der Waals surface area contributed by atoms with Crippen LogP contribution in [-0.4, -0.2) is 31.6 Å². The largest absolute Gasteiger partial charge is 0.497 e. The van der Waals surface area contributed by atoms with Crippen molar-refractivity contribution in [2.45, 2.75) is 19.1 Å². The van der Waals surface area contributed by atoms with Crippen LogP contribution in [0.4, 0.5) is 18.0 Å². The maximum absolute atomic E-state index is 12.6. The van der Waals surface area contributed by atoms with Crippen molar-refractivity contribution >= 4 is 6.03 Å². The van der Waals surface area contributed by atoms with Crippen molar-refractivity contribution in [1.29, 1.82) is 0 Å². The van der Waals surface area contributed by atoms with Crippen molar-refractivity contribution in [3.8, 4) is 5.75 Å². The number of methoxy groups -OCH3 is 1. The molecule has 0 aliphatic rings. The number of benzene rings is 2. The van der Waals surface area contributed by atoms with Crippen LogP contribution < -0.4 is 10.1 Å². The molecule has 0 radical (unpaired) electrons. The topological polar surface area (TPSA) is 41.6 Å². The van der Waals surface area contributed by atoms with E-state index in [1.54, 1.807) is 14.2 Å². The van der Waals surface area contributed by atoms with E-state index in [1.807, 2.05) is 24.3 Å². The van der Waals surface area contributed by atoms with Gasteiger partial charge in [-0.2, -0.15) is 13.2 Å². The summed E-state index contributed by atoms with van der Waals surface area (Å²) in [5.74, 6) is 0.758. The molecule has 0 saturated carbocycles. The van der Waals surface area contributed by atoms with E-state index < -0.39 is 11.7 Å². The third-order valence-electron chi connectivity index (χ3n) is 3.87.